The van der Waals surface area contributed by atoms with Gasteiger partial charge in [-0.15, -0.1) is 16.6 Å². The van der Waals surface area contributed by atoms with Crippen molar-refractivity contribution in [2.24, 2.45) is 0 Å². The first-order chi connectivity index (χ1) is 8.26. The summed E-state index contributed by atoms with van der Waals surface area (Å²) in [4.78, 5) is 0. The molecule has 1 aromatic heterocycles. The predicted octanol–water partition coefficient (Wildman–Crippen LogP) is 1.94. The van der Waals surface area contributed by atoms with Crippen LogP contribution in [-0.4, -0.2) is 16.2 Å². The van der Waals surface area contributed by atoms with Crippen LogP contribution in [0.15, 0.2) is 24.3 Å². The zero-order valence-electron chi connectivity index (χ0n) is 9.31. The average Bonchev–Trinajstić information content (AvgIpc) is 2.39. The fourth-order valence-corrected chi connectivity index (χ4v) is 1.54. The minimum atomic E-state index is -0.172. The Morgan fingerprint density at radius 2 is 2.12 bits per heavy atom. The smallest absolute Gasteiger partial charge is 0.186 e. The highest BCUT2D eigenvalue weighted by atomic mass is 15.1. The van der Waals surface area contributed by atoms with Gasteiger partial charge in [-0.25, -0.2) is 0 Å². The van der Waals surface area contributed by atoms with Gasteiger partial charge in [-0.05, 0) is 13.0 Å². The van der Waals surface area contributed by atoms with Crippen molar-refractivity contribution in [2.45, 2.75) is 13.0 Å². The van der Waals surface area contributed by atoms with Gasteiger partial charge in [0.05, 0.1) is 17.2 Å². The van der Waals surface area contributed by atoms with Crippen LogP contribution in [0.5, 0.6) is 0 Å². The van der Waals surface area contributed by atoms with Gasteiger partial charge < -0.3 is 5.32 Å². The molecule has 1 N–H and O–H groups in total. The van der Waals surface area contributed by atoms with E-state index in [2.05, 4.69) is 21.4 Å². The van der Waals surface area contributed by atoms with E-state index in [0.717, 1.165) is 10.9 Å². The number of anilines is 1. The molecule has 1 atom stereocenters. The molecule has 0 radical (unpaired) electrons. The third-order valence-electron chi connectivity index (χ3n) is 2.38. The molecule has 4 heteroatoms. The first-order valence-corrected chi connectivity index (χ1v) is 5.14. The maximum atomic E-state index is 9.02. The van der Waals surface area contributed by atoms with Gasteiger partial charge >= 0.3 is 0 Å². The molecular weight excluding hydrogens is 212 g/mol. The molecule has 0 fully saturated rings. The van der Waals surface area contributed by atoms with E-state index < -0.39 is 0 Å². The summed E-state index contributed by atoms with van der Waals surface area (Å²) in [6, 6.07) is 9.33. The Bertz CT molecular complexity index is 634. The first kappa shape index (κ1) is 10.9. The molecule has 0 amide bonds. The molecule has 0 aliphatic carbocycles. The second-order valence-electron chi connectivity index (χ2n) is 3.59. The van der Waals surface area contributed by atoms with Crippen molar-refractivity contribution < 1.29 is 0 Å². The van der Waals surface area contributed by atoms with Gasteiger partial charge in [0.15, 0.2) is 5.69 Å². The number of benzene rings is 1. The lowest BCUT2D eigenvalue weighted by molar-refractivity contribution is 1.00. The number of nitrogens with zero attached hydrogens (tertiary/aromatic N) is 3. The standard InChI is InChI=1S/C13H10N4/c1-3-9(2)15-13-10-6-4-5-7-11(10)16-17-12(13)8-14/h1,4-7,9H,2H3,(H,15,16). The van der Waals surface area contributed by atoms with Crippen molar-refractivity contribution in [3.8, 4) is 18.4 Å². The van der Waals surface area contributed by atoms with Crippen LogP contribution in [0, 0.1) is 23.7 Å². The van der Waals surface area contributed by atoms with Crippen molar-refractivity contribution in [3.63, 3.8) is 0 Å². The van der Waals surface area contributed by atoms with E-state index in [9.17, 15) is 0 Å². The van der Waals surface area contributed by atoms with Crippen LogP contribution in [0.3, 0.4) is 0 Å². The fourth-order valence-electron chi connectivity index (χ4n) is 1.54. The molecule has 0 saturated heterocycles. The van der Waals surface area contributed by atoms with Gasteiger partial charge in [0.25, 0.3) is 0 Å². The topological polar surface area (TPSA) is 61.6 Å². The molecule has 2 aromatic rings. The summed E-state index contributed by atoms with van der Waals surface area (Å²) in [5.74, 6) is 2.56. The summed E-state index contributed by atoms with van der Waals surface area (Å²) in [6.07, 6.45) is 5.32. The number of nitrogens with one attached hydrogen (secondary N) is 1. The number of rotatable bonds is 2. The van der Waals surface area contributed by atoms with Crippen molar-refractivity contribution in [1.82, 2.24) is 10.2 Å². The van der Waals surface area contributed by atoms with Crippen LogP contribution in [0.1, 0.15) is 12.6 Å². The van der Waals surface area contributed by atoms with Gasteiger partial charge in [-0.3, -0.25) is 0 Å². The lowest BCUT2D eigenvalue weighted by Crippen LogP contribution is -2.14. The Balaban J connectivity index is 2.65. The zero-order valence-corrected chi connectivity index (χ0v) is 9.31. The summed E-state index contributed by atoms with van der Waals surface area (Å²) in [5.41, 5.74) is 1.63. The molecule has 0 aliphatic rings. The summed E-state index contributed by atoms with van der Waals surface area (Å²) >= 11 is 0. The Morgan fingerprint density at radius 3 is 2.82 bits per heavy atom. The molecule has 1 aromatic carbocycles. The van der Waals surface area contributed by atoms with Crippen LogP contribution < -0.4 is 5.32 Å². The number of hydrogen-bond acceptors (Lipinski definition) is 4. The highest BCUT2D eigenvalue weighted by Crippen LogP contribution is 2.24. The fraction of sp³-hybridized carbons (Fsp3) is 0.154. The minimum Gasteiger partial charge on any atom is -0.369 e. The molecule has 4 nitrogen and oxygen atoms in total. The predicted molar refractivity (Wildman–Crippen MR) is 66.2 cm³/mol. The van der Waals surface area contributed by atoms with Crippen LogP contribution in [0.4, 0.5) is 5.69 Å². The molecule has 0 aliphatic heterocycles. The van der Waals surface area contributed by atoms with Gasteiger partial charge in [-0.2, -0.15) is 5.26 Å². The van der Waals surface area contributed by atoms with Gasteiger partial charge in [-0.1, -0.05) is 24.1 Å². The number of hydrogen-bond donors (Lipinski definition) is 1. The van der Waals surface area contributed by atoms with E-state index in [1.165, 1.54) is 0 Å². The summed E-state index contributed by atoms with van der Waals surface area (Å²) in [5, 5.41) is 20.8. The second-order valence-corrected chi connectivity index (χ2v) is 3.59. The third kappa shape index (κ3) is 2.02. The SMILES string of the molecule is C#CC(C)Nc1c(C#N)nnc2ccccc12. The summed E-state index contributed by atoms with van der Waals surface area (Å²) in [6.45, 7) is 1.84. The van der Waals surface area contributed by atoms with Gasteiger partial charge in [0.2, 0.25) is 0 Å². The van der Waals surface area contributed by atoms with Gasteiger partial charge in [0.1, 0.15) is 6.07 Å². The lowest BCUT2D eigenvalue weighted by atomic mass is 10.1. The van der Waals surface area contributed by atoms with Crippen LogP contribution in [0.25, 0.3) is 10.9 Å². The van der Waals surface area contributed by atoms with Crippen molar-refractivity contribution >= 4 is 16.6 Å². The summed E-state index contributed by atoms with van der Waals surface area (Å²) < 4.78 is 0. The van der Waals surface area contributed by atoms with E-state index >= 15 is 0 Å². The van der Waals surface area contributed by atoms with Crippen LogP contribution in [0.2, 0.25) is 0 Å². The second kappa shape index (κ2) is 4.51. The molecule has 2 rings (SSSR count). The number of aromatic nitrogens is 2. The van der Waals surface area contributed by atoms with E-state index in [1.54, 1.807) is 0 Å². The molecule has 0 bridgehead atoms. The molecule has 0 saturated carbocycles. The van der Waals surface area contributed by atoms with Crippen molar-refractivity contribution in [2.75, 3.05) is 5.32 Å². The normalized spacial score (nSPS) is 11.5. The number of nitriles is 1. The zero-order chi connectivity index (χ0) is 12.3. The number of terminal acetylenes is 1. The lowest BCUT2D eigenvalue weighted by Gasteiger charge is -2.12. The van der Waals surface area contributed by atoms with E-state index in [0.29, 0.717) is 5.69 Å². The van der Waals surface area contributed by atoms with E-state index in [1.807, 2.05) is 37.3 Å². The largest absolute Gasteiger partial charge is 0.369 e. The van der Waals surface area contributed by atoms with Crippen LogP contribution in [-0.2, 0) is 0 Å². The Morgan fingerprint density at radius 1 is 1.35 bits per heavy atom. The molecular formula is C13H10N4. The minimum absolute atomic E-state index is 0.172. The Hall–Kier alpha value is -2.59. The maximum absolute atomic E-state index is 9.02. The first-order valence-electron chi connectivity index (χ1n) is 5.14. The molecule has 1 heterocycles. The monoisotopic (exact) mass is 222 g/mol. The molecule has 82 valence electrons. The summed E-state index contributed by atoms with van der Waals surface area (Å²) in [7, 11) is 0. The van der Waals surface area contributed by atoms with E-state index in [4.69, 9.17) is 11.7 Å². The van der Waals surface area contributed by atoms with E-state index in [-0.39, 0.29) is 11.7 Å². The van der Waals surface area contributed by atoms with Crippen LogP contribution >= 0.6 is 0 Å². The van der Waals surface area contributed by atoms with Crippen molar-refractivity contribution in [1.29, 1.82) is 5.26 Å². The molecule has 0 spiro atoms. The average molecular weight is 222 g/mol. The van der Waals surface area contributed by atoms with Crippen molar-refractivity contribution in [3.05, 3.63) is 30.0 Å². The highest BCUT2D eigenvalue weighted by Gasteiger charge is 2.11. The molecule has 1 unspecified atom stereocenters. The van der Waals surface area contributed by atoms with Gasteiger partial charge in [0, 0.05) is 5.39 Å². The molecule has 17 heavy (non-hydrogen) atoms. The third-order valence-corrected chi connectivity index (χ3v) is 2.38. The Labute approximate surface area is 99.3 Å². The quantitative estimate of drug-likeness (QED) is 0.789. The Kier molecular flexibility index (Phi) is 2.89. The number of fused-ring (bicyclic) bond motifs is 1. The maximum Gasteiger partial charge on any atom is 0.186 e. The highest BCUT2D eigenvalue weighted by molar-refractivity contribution is 5.92.